The molecule has 1 aliphatic rings. The van der Waals surface area contributed by atoms with Gasteiger partial charge >= 0.3 is 0 Å². The van der Waals surface area contributed by atoms with Crippen molar-refractivity contribution in [1.82, 2.24) is 4.98 Å². The average Bonchev–Trinajstić information content (AvgIpc) is 2.24. The molecule has 0 radical (unpaired) electrons. The first-order valence-electron chi connectivity index (χ1n) is 5.04. The summed E-state index contributed by atoms with van der Waals surface area (Å²) in [5.41, 5.74) is 0.677. The molecule has 0 unspecified atom stereocenters. The van der Waals surface area contributed by atoms with E-state index in [1.165, 1.54) is 0 Å². The highest BCUT2D eigenvalue weighted by Crippen LogP contribution is 2.31. The van der Waals surface area contributed by atoms with Gasteiger partial charge in [-0.2, -0.15) is 5.26 Å². The van der Waals surface area contributed by atoms with Gasteiger partial charge in [0.2, 0.25) is 0 Å². The Morgan fingerprint density at radius 2 is 2.40 bits per heavy atom. The van der Waals surface area contributed by atoms with E-state index in [0.717, 1.165) is 19.3 Å². The lowest BCUT2D eigenvalue weighted by Gasteiger charge is -2.36. The van der Waals surface area contributed by atoms with E-state index in [1.54, 1.807) is 18.5 Å². The van der Waals surface area contributed by atoms with Gasteiger partial charge in [0.1, 0.15) is 6.07 Å². The summed E-state index contributed by atoms with van der Waals surface area (Å²) in [6, 6.07) is 3.74. The number of pyridine rings is 1. The third-order valence-corrected chi connectivity index (χ3v) is 2.83. The number of rotatable bonds is 3. The lowest BCUT2D eigenvalue weighted by molar-refractivity contribution is -0.0202. The minimum Gasteiger partial charge on any atom is -0.388 e. The smallest absolute Gasteiger partial charge is 0.101 e. The van der Waals surface area contributed by atoms with Crippen LogP contribution >= 0.6 is 0 Å². The van der Waals surface area contributed by atoms with E-state index in [0.29, 0.717) is 17.8 Å². The maximum absolute atomic E-state index is 9.87. The summed E-state index contributed by atoms with van der Waals surface area (Å²) in [5, 5.41) is 21.8. The van der Waals surface area contributed by atoms with Crippen molar-refractivity contribution in [2.45, 2.75) is 24.9 Å². The van der Waals surface area contributed by atoms with Crippen LogP contribution in [-0.2, 0) is 0 Å². The molecular weight excluding hydrogens is 190 g/mol. The number of hydrogen-bond donors (Lipinski definition) is 2. The summed E-state index contributed by atoms with van der Waals surface area (Å²) in [7, 11) is 0. The molecule has 2 rings (SSSR count). The van der Waals surface area contributed by atoms with Crippen molar-refractivity contribution < 1.29 is 5.11 Å². The Kier molecular flexibility index (Phi) is 2.57. The number of nitrogens with one attached hydrogen (secondary N) is 1. The van der Waals surface area contributed by atoms with Crippen molar-refractivity contribution in [1.29, 1.82) is 5.26 Å². The molecule has 0 amide bonds. The first-order valence-corrected chi connectivity index (χ1v) is 5.04. The fourth-order valence-corrected chi connectivity index (χ4v) is 1.65. The van der Waals surface area contributed by atoms with E-state index < -0.39 is 5.60 Å². The van der Waals surface area contributed by atoms with E-state index in [1.807, 2.05) is 0 Å². The zero-order valence-electron chi connectivity index (χ0n) is 8.40. The molecule has 78 valence electrons. The highest BCUT2D eigenvalue weighted by Gasteiger charge is 2.34. The molecule has 2 N–H and O–H groups in total. The number of aromatic nitrogens is 1. The molecular formula is C11H13N3O. The lowest BCUT2D eigenvalue weighted by Crippen LogP contribution is -2.43. The average molecular weight is 203 g/mol. The Morgan fingerprint density at radius 3 is 3.00 bits per heavy atom. The number of nitriles is 1. The molecule has 1 fully saturated rings. The van der Waals surface area contributed by atoms with Gasteiger partial charge in [-0.1, -0.05) is 0 Å². The second-order valence-corrected chi connectivity index (χ2v) is 3.96. The molecule has 1 heterocycles. The first-order chi connectivity index (χ1) is 7.23. The van der Waals surface area contributed by atoms with Crippen LogP contribution in [0.3, 0.4) is 0 Å². The quantitative estimate of drug-likeness (QED) is 0.776. The standard InChI is InChI=1S/C11H13N3O/c12-6-9-2-5-13-7-10(9)14-8-11(15)3-1-4-11/h2,5,7,14-15H,1,3-4,8H2. The van der Waals surface area contributed by atoms with E-state index >= 15 is 0 Å². The Bertz CT molecular complexity index is 393. The van der Waals surface area contributed by atoms with Crippen LogP contribution in [0.15, 0.2) is 18.5 Å². The first kappa shape index (κ1) is 9.94. The summed E-state index contributed by atoms with van der Waals surface area (Å²) in [6.45, 7) is 0.493. The Hall–Kier alpha value is -1.60. The van der Waals surface area contributed by atoms with Gasteiger partial charge in [-0.25, -0.2) is 0 Å². The van der Waals surface area contributed by atoms with E-state index in [4.69, 9.17) is 5.26 Å². The monoisotopic (exact) mass is 203 g/mol. The van der Waals surface area contributed by atoms with Gasteiger partial charge in [0.05, 0.1) is 23.0 Å². The molecule has 0 spiro atoms. The van der Waals surface area contributed by atoms with Crippen LogP contribution in [0.1, 0.15) is 24.8 Å². The normalized spacial score (nSPS) is 17.6. The highest BCUT2D eigenvalue weighted by atomic mass is 16.3. The van der Waals surface area contributed by atoms with Gasteiger partial charge in [-0.3, -0.25) is 4.98 Å². The maximum atomic E-state index is 9.87. The van der Waals surface area contributed by atoms with Crippen LogP contribution in [0.25, 0.3) is 0 Å². The number of aliphatic hydroxyl groups is 1. The van der Waals surface area contributed by atoms with Crippen molar-refractivity contribution in [3.63, 3.8) is 0 Å². The van der Waals surface area contributed by atoms with Crippen molar-refractivity contribution in [2.24, 2.45) is 0 Å². The molecule has 1 aromatic heterocycles. The van der Waals surface area contributed by atoms with Crippen LogP contribution in [0.4, 0.5) is 5.69 Å². The number of nitrogens with zero attached hydrogens (tertiary/aromatic N) is 2. The fourth-order valence-electron chi connectivity index (χ4n) is 1.65. The third kappa shape index (κ3) is 2.08. The second kappa shape index (κ2) is 3.87. The topological polar surface area (TPSA) is 68.9 Å². The Morgan fingerprint density at radius 1 is 1.60 bits per heavy atom. The Labute approximate surface area is 88.6 Å². The van der Waals surface area contributed by atoms with E-state index in [-0.39, 0.29) is 0 Å². The molecule has 0 aliphatic heterocycles. The number of anilines is 1. The van der Waals surface area contributed by atoms with Gasteiger partial charge in [-0.15, -0.1) is 0 Å². The summed E-state index contributed by atoms with van der Waals surface area (Å²) in [6.07, 6.45) is 5.95. The van der Waals surface area contributed by atoms with Crippen LogP contribution in [0, 0.1) is 11.3 Å². The van der Waals surface area contributed by atoms with Gasteiger partial charge < -0.3 is 10.4 Å². The predicted molar refractivity (Wildman–Crippen MR) is 56.2 cm³/mol. The minimum atomic E-state index is -0.581. The molecule has 4 heteroatoms. The van der Waals surface area contributed by atoms with E-state index in [2.05, 4.69) is 16.4 Å². The zero-order valence-corrected chi connectivity index (χ0v) is 8.40. The summed E-state index contributed by atoms with van der Waals surface area (Å²) >= 11 is 0. The summed E-state index contributed by atoms with van der Waals surface area (Å²) < 4.78 is 0. The highest BCUT2D eigenvalue weighted by molar-refractivity contribution is 5.55. The fraction of sp³-hybridized carbons (Fsp3) is 0.455. The predicted octanol–water partition coefficient (Wildman–Crippen LogP) is 1.28. The van der Waals surface area contributed by atoms with Crippen LogP contribution in [0.2, 0.25) is 0 Å². The Balaban J connectivity index is 2.02. The minimum absolute atomic E-state index is 0.493. The van der Waals surface area contributed by atoms with Crippen molar-refractivity contribution >= 4 is 5.69 Å². The van der Waals surface area contributed by atoms with Crippen LogP contribution in [-0.4, -0.2) is 22.2 Å². The van der Waals surface area contributed by atoms with Crippen LogP contribution in [0.5, 0.6) is 0 Å². The SMILES string of the molecule is N#Cc1ccncc1NCC1(O)CCC1. The van der Waals surface area contributed by atoms with Gasteiger partial charge in [0.15, 0.2) is 0 Å². The number of hydrogen-bond acceptors (Lipinski definition) is 4. The molecule has 0 bridgehead atoms. The molecule has 0 atom stereocenters. The zero-order chi connectivity index (χ0) is 10.7. The van der Waals surface area contributed by atoms with Crippen molar-refractivity contribution in [3.8, 4) is 6.07 Å². The van der Waals surface area contributed by atoms with Crippen molar-refractivity contribution in [3.05, 3.63) is 24.0 Å². The molecule has 4 nitrogen and oxygen atoms in total. The third-order valence-electron chi connectivity index (χ3n) is 2.83. The maximum Gasteiger partial charge on any atom is 0.101 e. The van der Waals surface area contributed by atoms with Gasteiger partial charge in [-0.05, 0) is 25.3 Å². The molecule has 1 aliphatic carbocycles. The molecule has 1 aromatic rings. The largest absolute Gasteiger partial charge is 0.388 e. The molecule has 1 saturated carbocycles. The van der Waals surface area contributed by atoms with Crippen LogP contribution < -0.4 is 5.32 Å². The summed E-state index contributed by atoms with van der Waals surface area (Å²) in [4.78, 5) is 3.94. The summed E-state index contributed by atoms with van der Waals surface area (Å²) in [5.74, 6) is 0. The molecule has 15 heavy (non-hydrogen) atoms. The van der Waals surface area contributed by atoms with Gasteiger partial charge in [0.25, 0.3) is 0 Å². The van der Waals surface area contributed by atoms with Gasteiger partial charge in [0, 0.05) is 12.7 Å². The van der Waals surface area contributed by atoms with Crippen molar-refractivity contribution in [2.75, 3.05) is 11.9 Å². The van der Waals surface area contributed by atoms with E-state index in [9.17, 15) is 5.11 Å². The lowest BCUT2D eigenvalue weighted by atomic mass is 9.80. The molecule has 0 aromatic carbocycles. The second-order valence-electron chi connectivity index (χ2n) is 3.96. The molecule has 0 saturated heterocycles.